The van der Waals surface area contributed by atoms with Crippen LogP contribution in [0.25, 0.3) is 0 Å². The Morgan fingerprint density at radius 3 is 2.30 bits per heavy atom. The average Bonchev–Trinajstić information content (AvgIpc) is 2.77. The summed E-state index contributed by atoms with van der Waals surface area (Å²) in [6, 6.07) is 10.6. The highest BCUT2D eigenvalue weighted by Crippen LogP contribution is 2.31. The predicted octanol–water partition coefficient (Wildman–Crippen LogP) is 3.73. The Morgan fingerprint density at radius 1 is 1.03 bits per heavy atom. The van der Waals surface area contributed by atoms with E-state index in [1.807, 2.05) is 6.92 Å². The lowest BCUT2D eigenvalue weighted by molar-refractivity contribution is 0.330. The molecular formula is C23H25FN2O5S2. The number of rotatable bonds is 9. The van der Waals surface area contributed by atoms with Crippen molar-refractivity contribution in [2.24, 2.45) is 0 Å². The molecule has 0 aliphatic carbocycles. The Balaban J connectivity index is 2.00. The summed E-state index contributed by atoms with van der Waals surface area (Å²) in [7, 11) is -8.20. The Morgan fingerprint density at radius 2 is 1.70 bits per heavy atom. The lowest BCUT2D eigenvalue weighted by Crippen LogP contribution is -2.32. The molecule has 33 heavy (non-hydrogen) atoms. The van der Waals surface area contributed by atoms with Crippen molar-refractivity contribution in [2.45, 2.75) is 35.8 Å². The van der Waals surface area contributed by atoms with E-state index in [1.54, 1.807) is 32.0 Å². The maximum atomic E-state index is 13.4. The molecule has 0 aliphatic heterocycles. The summed E-state index contributed by atoms with van der Waals surface area (Å²) in [6.07, 6.45) is 2.85. The predicted molar refractivity (Wildman–Crippen MR) is 123 cm³/mol. The van der Waals surface area contributed by atoms with Crippen LogP contribution in [0.3, 0.4) is 0 Å². The zero-order chi connectivity index (χ0) is 24.2. The minimum absolute atomic E-state index is 0.0726. The number of aryl methyl sites for hydroxylation is 2. The third-order valence-electron chi connectivity index (χ3n) is 5.18. The van der Waals surface area contributed by atoms with Gasteiger partial charge in [-0.2, -0.15) is 0 Å². The van der Waals surface area contributed by atoms with Crippen molar-refractivity contribution in [3.63, 3.8) is 0 Å². The molecule has 0 amide bonds. The molecule has 1 unspecified atom stereocenters. The van der Waals surface area contributed by atoms with Gasteiger partial charge in [-0.25, -0.2) is 25.9 Å². The first kappa shape index (κ1) is 24.8. The van der Waals surface area contributed by atoms with E-state index < -0.39 is 37.5 Å². The van der Waals surface area contributed by atoms with Gasteiger partial charge in [0, 0.05) is 18.9 Å². The zero-order valence-corrected chi connectivity index (χ0v) is 20.1. The van der Waals surface area contributed by atoms with Crippen LogP contribution >= 0.6 is 0 Å². The molecule has 3 rings (SSSR count). The maximum Gasteiger partial charge on any atom is 0.244 e. The molecule has 0 aliphatic rings. The first-order valence-corrected chi connectivity index (χ1v) is 13.2. The fourth-order valence-electron chi connectivity index (χ4n) is 3.27. The minimum atomic E-state index is -4.12. The first-order chi connectivity index (χ1) is 15.6. The van der Waals surface area contributed by atoms with Gasteiger partial charge in [0.2, 0.25) is 10.0 Å². The van der Waals surface area contributed by atoms with Gasteiger partial charge in [-0.1, -0.05) is 6.07 Å². The Kier molecular flexibility index (Phi) is 7.51. The van der Waals surface area contributed by atoms with Gasteiger partial charge in [-0.05, 0) is 79.9 Å². The fourth-order valence-corrected chi connectivity index (χ4v) is 6.27. The van der Waals surface area contributed by atoms with E-state index in [4.69, 9.17) is 4.74 Å². The molecular weight excluding hydrogens is 467 g/mol. The lowest BCUT2D eigenvalue weighted by atomic mass is 10.1. The number of pyridine rings is 1. The van der Waals surface area contributed by atoms with Crippen LogP contribution in [0.2, 0.25) is 0 Å². The van der Waals surface area contributed by atoms with E-state index in [2.05, 4.69) is 9.71 Å². The summed E-state index contributed by atoms with van der Waals surface area (Å²) >= 11 is 0. The molecule has 10 heteroatoms. The standard InChI is InChI=1S/C23H25FN2O5S2/c1-4-31-21-12-16(2)17(3)13-22(21)33(29,30)26-15-23(18-6-5-11-25-14-18)32(27,28)20-9-7-19(24)8-10-20/h5-14,23,26H,4,15H2,1-3H3. The number of aromatic nitrogens is 1. The van der Waals surface area contributed by atoms with Crippen LogP contribution in [0.4, 0.5) is 4.39 Å². The third-order valence-corrected chi connectivity index (χ3v) is 8.74. The van der Waals surface area contributed by atoms with Crippen LogP contribution in [0.5, 0.6) is 5.75 Å². The second-order valence-electron chi connectivity index (χ2n) is 7.44. The van der Waals surface area contributed by atoms with Crippen LogP contribution in [-0.2, 0) is 19.9 Å². The molecule has 3 aromatic rings. The topological polar surface area (TPSA) is 102 Å². The Labute approximate surface area is 193 Å². The summed E-state index contributed by atoms with van der Waals surface area (Å²) in [5.74, 6) is -0.391. The minimum Gasteiger partial charge on any atom is -0.492 e. The van der Waals surface area contributed by atoms with Crippen molar-refractivity contribution < 1.29 is 26.0 Å². The number of sulfonamides is 1. The highest BCUT2D eigenvalue weighted by atomic mass is 32.2. The van der Waals surface area contributed by atoms with Gasteiger partial charge in [0.25, 0.3) is 0 Å². The van der Waals surface area contributed by atoms with Crippen molar-refractivity contribution in [1.82, 2.24) is 9.71 Å². The molecule has 1 aromatic heterocycles. The van der Waals surface area contributed by atoms with Crippen molar-refractivity contribution in [1.29, 1.82) is 0 Å². The van der Waals surface area contributed by atoms with Gasteiger partial charge in [0.15, 0.2) is 9.84 Å². The first-order valence-electron chi connectivity index (χ1n) is 10.2. The molecule has 1 N–H and O–H groups in total. The van der Waals surface area contributed by atoms with E-state index in [0.29, 0.717) is 5.56 Å². The van der Waals surface area contributed by atoms with Gasteiger partial charge in [-0.15, -0.1) is 0 Å². The number of nitrogens with one attached hydrogen (secondary N) is 1. The third kappa shape index (κ3) is 5.58. The van der Waals surface area contributed by atoms with Crippen LogP contribution in [0, 0.1) is 19.7 Å². The molecule has 0 fully saturated rings. The fraction of sp³-hybridized carbons (Fsp3) is 0.261. The van der Waals surface area contributed by atoms with Crippen LogP contribution < -0.4 is 9.46 Å². The Bertz CT molecular complexity index is 1330. The van der Waals surface area contributed by atoms with E-state index >= 15 is 0 Å². The summed E-state index contributed by atoms with van der Waals surface area (Å²) in [6.45, 7) is 5.18. The van der Waals surface area contributed by atoms with Crippen molar-refractivity contribution in [3.8, 4) is 5.75 Å². The van der Waals surface area contributed by atoms with Crippen LogP contribution in [0.15, 0.2) is 70.7 Å². The van der Waals surface area contributed by atoms with Gasteiger partial charge >= 0.3 is 0 Å². The number of benzene rings is 2. The quantitative estimate of drug-likeness (QED) is 0.457. The molecule has 1 atom stereocenters. The van der Waals surface area contributed by atoms with Gasteiger partial charge in [0.1, 0.15) is 21.7 Å². The highest BCUT2D eigenvalue weighted by molar-refractivity contribution is 7.92. The normalized spacial score (nSPS) is 13.0. The van der Waals surface area contributed by atoms with E-state index in [-0.39, 0.29) is 22.1 Å². The van der Waals surface area contributed by atoms with Crippen molar-refractivity contribution >= 4 is 19.9 Å². The number of halogens is 1. The molecule has 1 heterocycles. The zero-order valence-electron chi connectivity index (χ0n) is 18.4. The Hall–Kier alpha value is -2.82. The monoisotopic (exact) mass is 492 g/mol. The summed E-state index contributed by atoms with van der Waals surface area (Å²) in [4.78, 5) is 3.77. The van der Waals surface area contributed by atoms with E-state index in [0.717, 1.165) is 35.4 Å². The number of ether oxygens (including phenoxy) is 1. The molecule has 7 nitrogen and oxygen atoms in total. The second-order valence-corrected chi connectivity index (χ2v) is 11.3. The number of hydrogen-bond donors (Lipinski definition) is 1. The molecule has 0 saturated carbocycles. The van der Waals surface area contributed by atoms with Crippen LogP contribution in [-0.4, -0.2) is 35.0 Å². The molecule has 0 spiro atoms. The van der Waals surface area contributed by atoms with E-state index in [9.17, 15) is 21.2 Å². The largest absolute Gasteiger partial charge is 0.492 e. The van der Waals surface area contributed by atoms with E-state index in [1.165, 1.54) is 18.5 Å². The SMILES string of the molecule is CCOc1cc(C)c(C)cc1S(=O)(=O)NCC(c1cccnc1)S(=O)(=O)c1ccc(F)cc1. The van der Waals surface area contributed by atoms with Gasteiger partial charge < -0.3 is 4.74 Å². The summed E-state index contributed by atoms with van der Waals surface area (Å²) in [5.41, 5.74) is 1.92. The number of hydrogen-bond acceptors (Lipinski definition) is 6. The summed E-state index contributed by atoms with van der Waals surface area (Å²) < 4.78 is 74.4. The van der Waals surface area contributed by atoms with Crippen LogP contribution in [0.1, 0.15) is 28.9 Å². The maximum absolute atomic E-state index is 13.4. The van der Waals surface area contributed by atoms with Gasteiger partial charge in [-0.3, -0.25) is 4.98 Å². The lowest BCUT2D eigenvalue weighted by Gasteiger charge is -2.20. The van der Waals surface area contributed by atoms with Gasteiger partial charge in [0.05, 0.1) is 11.5 Å². The van der Waals surface area contributed by atoms with Crippen molar-refractivity contribution in [3.05, 3.63) is 83.4 Å². The second kappa shape index (κ2) is 9.98. The molecule has 2 aromatic carbocycles. The smallest absolute Gasteiger partial charge is 0.244 e. The summed E-state index contributed by atoms with van der Waals surface area (Å²) in [5, 5.41) is -1.28. The number of sulfone groups is 1. The average molecular weight is 493 g/mol. The van der Waals surface area contributed by atoms with Crippen molar-refractivity contribution in [2.75, 3.05) is 13.2 Å². The molecule has 0 radical (unpaired) electrons. The molecule has 0 bridgehead atoms. The molecule has 176 valence electrons. The number of nitrogens with zero attached hydrogens (tertiary/aromatic N) is 1. The highest BCUT2D eigenvalue weighted by Gasteiger charge is 2.32. The molecule has 0 saturated heterocycles.